The van der Waals surface area contributed by atoms with Crippen molar-refractivity contribution >= 4 is 11.9 Å². The van der Waals surface area contributed by atoms with E-state index in [2.05, 4.69) is 6.92 Å². The normalized spacial score (nSPS) is 11.7. The molecule has 0 aliphatic rings. The number of amides is 1. The van der Waals surface area contributed by atoms with Gasteiger partial charge in [-0.2, -0.15) is 0 Å². The third kappa shape index (κ3) is 7.13. The molecule has 6 heteroatoms. The Morgan fingerprint density at radius 1 is 1.24 bits per heavy atom. The van der Waals surface area contributed by atoms with E-state index >= 15 is 0 Å². The van der Waals surface area contributed by atoms with E-state index in [-0.39, 0.29) is 44.1 Å². The lowest BCUT2D eigenvalue weighted by Gasteiger charge is -2.29. The number of aliphatic hydroxyl groups is 1. The van der Waals surface area contributed by atoms with Crippen LogP contribution in [0.3, 0.4) is 0 Å². The van der Waals surface area contributed by atoms with E-state index in [1.54, 1.807) is 13.0 Å². The Kier molecular flexibility index (Phi) is 9.62. The van der Waals surface area contributed by atoms with Crippen molar-refractivity contribution in [3.8, 4) is 5.75 Å². The van der Waals surface area contributed by atoms with Gasteiger partial charge in [-0.1, -0.05) is 26.0 Å². The Labute approximate surface area is 149 Å². The van der Waals surface area contributed by atoms with Crippen molar-refractivity contribution in [3.63, 3.8) is 0 Å². The molecule has 0 aliphatic heterocycles. The molecule has 140 valence electrons. The van der Waals surface area contributed by atoms with Gasteiger partial charge in [0, 0.05) is 6.54 Å². The van der Waals surface area contributed by atoms with Gasteiger partial charge in [-0.05, 0) is 37.5 Å². The fourth-order valence-electron chi connectivity index (χ4n) is 2.49. The number of rotatable bonds is 11. The molecule has 25 heavy (non-hydrogen) atoms. The van der Waals surface area contributed by atoms with E-state index < -0.39 is 0 Å². The monoisotopic (exact) mass is 351 g/mol. The number of aryl methyl sites for hydroxylation is 1. The highest BCUT2D eigenvalue weighted by atomic mass is 16.5. The summed E-state index contributed by atoms with van der Waals surface area (Å²) in [5, 5.41) is 9.52. The van der Waals surface area contributed by atoms with Crippen LogP contribution in [0.25, 0.3) is 0 Å². The second-order valence-electron chi connectivity index (χ2n) is 5.68. The van der Waals surface area contributed by atoms with Crippen LogP contribution in [-0.4, -0.2) is 54.3 Å². The maximum atomic E-state index is 12.5. The standard InChI is InChI=1S/C19H29NO5/c1-4-15-8-7-9-17(12-15)25-14-18(22)20(16(5-2)13-21)11-10-19(23)24-6-3/h7-9,12,16,21H,4-6,10-11,13-14H2,1-3H3. The van der Waals surface area contributed by atoms with Crippen LogP contribution < -0.4 is 4.74 Å². The highest BCUT2D eigenvalue weighted by Gasteiger charge is 2.23. The van der Waals surface area contributed by atoms with Gasteiger partial charge in [0.1, 0.15) is 5.75 Å². The van der Waals surface area contributed by atoms with E-state index in [9.17, 15) is 14.7 Å². The molecule has 1 rings (SSSR count). The number of benzene rings is 1. The van der Waals surface area contributed by atoms with Crippen LogP contribution in [0.4, 0.5) is 0 Å². The zero-order valence-corrected chi connectivity index (χ0v) is 15.4. The molecule has 1 aromatic rings. The molecule has 1 amide bonds. The quantitative estimate of drug-likeness (QED) is 0.619. The summed E-state index contributed by atoms with van der Waals surface area (Å²) in [6.45, 7) is 5.89. The summed E-state index contributed by atoms with van der Waals surface area (Å²) in [5.41, 5.74) is 1.13. The third-order valence-corrected chi connectivity index (χ3v) is 3.97. The zero-order chi connectivity index (χ0) is 18.7. The van der Waals surface area contributed by atoms with Gasteiger partial charge in [-0.3, -0.25) is 9.59 Å². The maximum absolute atomic E-state index is 12.5. The molecule has 0 heterocycles. The zero-order valence-electron chi connectivity index (χ0n) is 15.4. The van der Waals surface area contributed by atoms with Crippen molar-refractivity contribution in [1.82, 2.24) is 4.90 Å². The van der Waals surface area contributed by atoms with Gasteiger partial charge in [0.25, 0.3) is 5.91 Å². The molecule has 0 aliphatic carbocycles. The number of carbonyl (C=O) groups excluding carboxylic acids is 2. The minimum Gasteiger partial charge on any atom is -0.484 e. The third-order valence-electron chi connectivity index (χ3n) is 3.97. The largest absolute Gasteiger partial charge is 0.484 e. The summed E-state index contributed by atoms with van der Waals surface area (Å²) in [7, 11) is 0. The first-order valence-corrected chi connectivity index (χ1v) is 8.83. The van der Waals surface area contributed by atoms with Crippen molar-refractivity contribution in [2.45, 2.75) is 46.1 Å². The molecule has 1 N–H and O–H groups in total. The van der Waals surface area contributed by atoms with Crippen LogP contribution in [0.2, 0.25) is 0 Å². The first-order valence-electron chi connectivity index (χ1n) is 8.83. The second-order valence-corrected chi connectivity index (χ2v) is 5.68. The smallest absolute Gasteiger partial charge is 0.307 e. The van der Waals surface area contributed by atoms with Crippen LogP contribution in [-0.2, 0) is 20.7 Å². The molecule has 0 saturated heterocycles. The van der Waals surface area contributed by atoms with Crippen molar-refractivity contribution in [1.29, 1.82) is 0 Å². The molecule has 0 radical (unpaired) electrons. The maximum Gasteiger partial charge on any atom is 0.307 e. The first-order chi connectivity index (χ1) is 12.0. The van der Waals surface area contributed by atoms with Crippen molar-refractivity contribution in [2.75, 3.05) is 26.4 Å². The topological polar surface area (TPSA) is 76.1 Å². The lowest BCUT2D eigenvalue weighted by Crippen LogP contribution is -2.45. The van der Waals surface area contributed by atoms with E-state index in [0.717, 1.165) is 12.0 Å². The summed E-state index contributed by atoms with van der Waals surface area (Å²) >= 11 is 0. The molecule has 0 aromatic heterocycles. The number of hydrogen-bond donors (Lipinski definition) is 1. The number of esters is 1. The van der Waals surface area contributed by atoms with Gasteiger partial charge in [0.05, 0.1) is 25.7 Å². The van der Waals surface area contributed by atoms with Gasteiger partial charge < -0.3 is 19.5 Å². The lowest BCUT2D eigenvalue weighted by molar-refractivity contribution is -0.145. The number of nitrogens with zero attached hydrogens (tertiary/aromatic N) is 1. The van der Waals surface area contributed by atoms with Gasteiger partial charge in [0.15, 0.2) is 6.61 Å². The Hall–Kier alpha value is -2.08. The van der Waals surface area contributed by atoms with Gasteiger partial charge in [0.2, 0.25) is 0 Å². The highest BCUT2D eigenvalue weighted by Crippen LogP contribution is 2.14. The summed E-state index contributed by atoms with van der Waals surface area (Å²) in [5.74, 6) is 0.0202. The molecular formula is C19H29NO5. The molecule has 1 unspecified atom stereocenters. The fraction of sp³-hybridized carbons (Fsp3) is 0.579. The van der Waals surface area contributed by atoms with Crippen molar-refractivity contribution in [3.05, 3.63) is 29.8 Å². The molecule has 1 aromatic carbocycles. The highest BCUT2D eigenvalue weighted by molar-refractivity contribution is 5.79. The van der Waals surface area contributed by atoms with Crippen LogP contribution in [0.1, 0.15) is 39.2 Å². The first kappa shape index (κ1) is 21.0. The van der Waals surface area contributed by atoms with Crippen LogP contribution in [0, 0.1) is 0 Å². The van der Waals surface area contributed by atoms with Crippen LogP contribution >= 0.6 is 0 Å². The SMILES string of the molecule is CCOC(=O)CCN(C(=O)COc1cccc(CC)c1)C(CC)CO. The van der Waals surface area contributed by atoms with Crippen LogP contribution in [0.15, 0.2) is 24.3 Å². The van der Waals surface area contributed by atoms with E-state index in [4.69, 9.17) is 9.47 Å². The molecule has 6 nitrogen and oxygen atoms in total. The van der Waals surface area contributed by atoms with Crippen LogP contribution in [0.5, 0.6) is 5.75 Å². The molecular weight excluding hydrogens is 322 g/mol. The summed E-state index contributed by atoms with van der Waals surface area (Å²) < 4.78 is 10.5. The van der Waals surface area contributed by atoms with E-state index in [0.29, 0.717) is 18.8 Å². The number of aliphatic hydroxyl groups excluding tert-OH is 1. The van der Waals surface area contributed by atoms with Gasteiger partial charge >= 0.3 is 5.97 Å². The Morgan fingerprint density at radius 2 is 2.00 bits per heavy atom. The van der Waals surface area contributed by atoms with E-state index in [1.807, 2.05) is 25.1 Å². The fourth-order valence-corrected chi connectivity index (χ4v) is 2.49. The number of carbonyl (C=O) groups is 2. The average Bonchev–Trinajstić information content (AvgIpc) is 2.63. The molecule has 0 saturated carbocycles. The second kappa shape index (κ2) is 11.5. The van der Waals surface area contributed by atoms with Gasteiger partial charge in [-0.15, -0.1) is 0 Å². The van der Waals surface area contributed by atoms with Crippen molar-refractivity contribution in [2.24, 2.45) is 0 Å². The predicted molar refractivity (Wildman–Crippen MR) is 95.4 cm³/mol. The summed E-state index contributed by atoms with van der Waals surface area (Å²) in [4.78, 5) is 25.6. The minimum atomic E-state index is -0.357. The Morgan fingerprint density at radius 3 is 2.60 bits per heavy atom. The lowest BCUT2D eigenvalue weighted by atomic mass is 10.1. The summed E-state index contributed by atoms with van der Waals surface area (Å²) in [6, 6.07) is 7.25. The van der Waals surface area contributed by atoms with Gasteiger partial charge in [-0.25, -0.2) is 0 Å². The Bertz CT molecular complexity index is 542. The average molecular weight is 351 g/mol. The number of hydrogen-bond acceptors (Lipinski definition) is 5. The summed E-state index contributed by atoms with van der Waals surface area (Å²) in [6.07, 6.45) is 1.58. The van der Waals surface area contributed by atoms with Crippen molar-refractivity contribution < 1.29 is 24.2 Å². The minimum absolute atomic E-state index is 0.0986. The number of ether oxygens (including phenoxy) is 2. The predicted octanol–water partition coefficient (Wildman–Crippen LogP) is 2.18. The molecule has 0 fully saturated rings. The molecule has 0 bridgehead atoms. The molecule has 0 spiro atoms. The molecule has 1 atom stereocenters. The Balaban J connectivity index is 2.68. The van der Waals surface area contributed by atoms with E-state index in [1.165, 1.54) is 4.90 Å².